The molecule has 3 rings (SSSR count). The molecule has 30 heavy (non-hydrogen) atoms. The van der Waals surface area contributed by atoms with E-state index < -0.39 is 0 Å². The van der Waals surface area contributed by atoms with E-state index in [1.54, 1.807) is 35.1 Å². The third kappa shape index (κ3) is 5.99. The van der Waals surface area contributed by atoms with Gasteiger partial charge < -0.3 is 15.4 Å². The molecule has 0 aliphatic heterocycles. The summed E-state index contributed by atoms with van der Waals surface area (Å²) in [7, 11) is 0. The van der Waals surface area contributed by atoms with Crippen LogP contribution in [-0.2, 0) is 11.3 Å². The Bertz CT molecular complexity index is 993. The summed E-state index contributed by atoms with van der Waals surface area (Å²) in [4.78, 5) is 21.2. The van der Waals surface area contributed by atoms with Crippen molar-refractivity contribution < 1.29 is 9.53 Å². The second-order valence-electron chi connectivity index (χ2n) is 7.03. The van der Waals surface area contributed by atoms with Gasteiger partial charge in [0, 0.05) is 18.1 Å². The number of anilines is 1. The van der Waals surface area contributed by atoms with Gasteiger partial charge in [0.05, 0.1) is 18.1 Å². The van der Waals surface area contributed by atoms with Crippen LogP contribution in [0.4, 0.5) is 5.82 Å². The third-order valence-corrected chi connectivity index (χ3v) is 4.97. The molecule has 1 amide bonds. The molecule has 1 aromatic carbocycles. The van der Waals surface area contributed by atoms with Crippen molar-refractivity contribution in [3.8, 4) is 5.75 Å². The first kappa shape index (κ1) is 22.2. The van der Waals surface area contributed by atoms with Crippen LogP contribution in [0.5, 0.6) is 5.75 Å². The van der Waals surface area contributed by atoms with Crippen molar-refractivity contribution in [1.29, 1.82) is 0 Å². The molecule has 0 atom stereocenters. The smallest absolute Gasteiger partial charge is 0.258 e. The third-order valence-electron chi connectivity index (χ3n) is 4.17. The first-order valence-electron chi connectivity index (χ1n) is 9.62. The van der Waals surface area contributed by atoms with Gasteiger partial charge in [-0.1, -0.05) is 37.2 Å². The predicted molar refractivity (Wildman–Crippen MR) is 120 cm³/mol. The highest BCUT2D eigenvalue weighted by molar-refractivity contribution is 7.98. The van der Waals surface area contributed by atoms with Crippen molar-refractivity contribution in [2.75, 3.05) is 31.3 Å². The van der Waals surface area contributed by atoms with Crippen molar-refractivity contribution >= 4 is 46.1 Å². The van der Waals surface area contributed by atoms with E-state index in [9.17, 15) is 4.79 Å². The number of hydrogen-bond acceptors (Lipinski definition) is 7. The van der Waals surface area contributed by atoms with Crippen LogP contribution in [0.25, 0.3) is 11.0 Å². The predicted octanol–water partition coefficient (Wildman–Crippen LogP) is 3.46. The number of halogens is 1. The number of hydrogen-bond donors (Lipinski definition) is 2. The van der Waals surface area contributed by atoms with Crippen LogP contribution in [0.1, 0.15) is 13.8 Å². The van der Waals surface area contributed by atoms with E-state index in [1.165, 1.54) is 11.8 Å². The van der Waals surface area contributed by atoms with E-state index in [2.05, 4.69) is 39.5 Å². The first-order valence-corrected chi connectivity index (χ1v) is 11.2. The highest BCUT2D eigenvalue weighted by atomic mass is 35.5. The molecule has 10 heteroatoms. The van der Waals surface area contributed by atoms with Gasteiger partial charge in [-0.25, -0.2) is 14.6 Å². The Morgan fingerprint density at radius 3 is 2.73 bits per heavy atom. The zero-order valence-corrected chi connectivity index (χ0v) is 18.8. The maximum atomic E-state index is 12.0. The fourth-order valence-corrected chi connectivity index (χ4v) is 3.14. The Kier molecular flexibility index (Phi) is 7.75. The highest BCUT2D eigenvalue weighted by Crippen LogP contribution is 2.23. The molecule has 3 aromatic rings. The van der Waals surface area contributed by atoms with Crippen LogP contribution >= 0.6 is 23.4 Å². The van der Waals surface area contributed by atoms with Crippen LogP contribution in [0, 0.1) is 5.92 Å². The lowest BCUT2D eigenvalue weighted by molar-refractivity contribution is -0.123. The second kappa shape index (κ2) is 10.5. The minimum atomic E-state index is -0.208. The fourth-order valence-electron chi connectivity index (χ4n) is 2.66. The van der Waals surface area contributed by atoms with Gasteiger partial charge in [-0.05, 0) is 36.4 Å². The maximum Gasteiger partial charge on any atom is 0.258 e. The molecule has 0 saturated carbocycles. The number of benzene rings is 1. The van der Waals surface area contributed by atoms with Crippen molar-refractivity contribution in [2.24, 2.45) is 5.92 Å². The van der Waals surface area contributed by atoms with E-state index in [4.69, 9.17) is 16.3 Å². The molecule has 8 nitrogen and oxygen atoms in total. The van der Waals surface area contributed by atoms with Crippen LogP contribution in [0.2, 0.25) is 5.02 Å². The monoisotopic (exact) mass is 448 g/mol. The summed E-state index contributed by atoms with van der Waals surface area (Å²) in [6.45, 7) is 5.93. The van der Waals surface area contributed by atoms with Crippen molar-refractivity contribution in [3.63, 3.8) is 0 Å². The molecule has 2 N–H and O–H groups in total. The lowest BCUT2D eigenvalue weighted by atomic mass is 10.2. The SMILES string of the molecule is CSc1nc(NCC(C)C)c2cnn(CCNC(=O)COc3ccc(Cl)cc3)c2n1. The number of aromatic nitrogens is 4. The molecule has 0 spiro atoms. The average Bonchev–Trinajstić information content (AvgIpc) is 3.14. The Balaban J connectivity index is 1.58. The number of nitrogens with zero attached hydrogens (tertiary/aromatic N) is 4. The first-order chi connectivity index (χ1) is 14.5. The van der Waals surface area contributed by atoms with Crippen LogP contribution in [-0.4, -0.2) is 51.6 Å². The average molecular weight is 449 g/mol. The zero-order valence-electron chi connectivity index (χ0n) is 17.2. The Morgan fingerprint density at radius 2 is 2.03 bits per heavy atom. The van der Waals surface area contributed by atoms with E-state index in [1.807, 2.05) is 6.26 Å². The molecule has 0 fully saturated rings. The van der Waals surface area contributed by atoms with Gasteiger partial charge in [-0.2, -0.15) is 5.10 Å². The van der Waals surface area contributed by atoms with E-state index in [-0.39, 0.29) is 12.5 Å². The minimum absolute atomic E-state index is 0.0659. The van der Waals surface area contributed by atoms with Gasteiger partial charge in [0.2, 0.25) is 0 Å². The quantitative estimate of drug-likeness (QED) is 0.362. The summed E-state index contributed by atoms with van der Waals surface area (Å²) in [5.74, 6) is 1.66. The Morgan fingerprint density at radius 1 is 1.27 bits per heavy atom. The Hall–Kier alpha value is -2.52. The van der Waals surface area contributed by atoms with Gasteiger partial charge in [-0.3, -0.25) is 4.79 Å². The van der Waals surface area contributed by atoms with E-state index >= 15 is 0 Å². The lowest BCUT2D eigenvalue weighted by Crippen LogP contribution is -2.31. The normalized spacial score (nSPS) is 11.1. The lowest BCUT2D eigenvalue weighted by Gasteiger charge is -2.11. The fraction of sp³-hybridized carbons (Fsp3) is 0.400. The molecular weight excluding hydrogens is 424 g/mol. The van der Waals surface area contributed by atoms with Gasteiger partial charge in [0.1, 0.15) is 11.6 Å². The molecule has 0 aliphatic rings. The Labute approximate surface area is 184 Å². The number of ether oxygens (including phenoxy) is 1. The molecule has 0 aliphatic carbocycles. The molecule has 2 heterocycles. The van der Waals surface area contributed by atoms with Crippen molar-refractivity contribution in [1.82, 2.24) is 25.1 Å². The van der Waals surface area contributed by atoms with E-state index in [0.29, 0.717) is 34.9 Å². The number of carbonyl (C=O) groups excluding carboxylic acids is 1. The maximum absolute atomic E-state index is 12.0. The number of carbonyl (C=O) groups is 1. The zero-order chi connectivity index (χ0) is 21.5. The number of nitrogens with one attached hydrogen (secondary N) is 2. The topological polar surface area (TPSA) is 94.0 Å². The molecule has 0 unspecified atom stereocenters. The summed E-state index contributed by atoms with van der Waals surface area (Å²) in [6, 6.07) is 6.87. The number of thioether (sulfide) groups is 1. The van der Waals surface area contributed by atoms with Crippen LogP contribution in [0.15, 0.2) is 35.6 Å². The van der Waals surface area contributed by atoms with Crippen LogP contribution in [0.3, 0.4) is 0 Å². The minimum Gasteiger partial charge on any atom is -0.484 e. The highest BCUT2D eigenvalue weighted by Gasteiger charge is 2.13. The van der Waals surface area contributed by atoms with Gasteiger partial charge in [0.25, 0.3) is 5.91 Å². The summed E-state index contributed by atoms with van der Waals surface area (Å²) in [6.07, 6.45) is 3.70. The summed E-state index contributed by atoms with van der Waals surface area (Å²) >= 11 is 7.32. The summed E-state index contributed by atoms with van der Waals surface area (Å²) in [5.41, 5.74) is 0.743. The van der Waals surface area contributed by atoms with Gasteiger partial charge in [0.15, 0.2) is 17.4 Å². The second-order valence-corrected chi connectivity index (χ2v) is 8.24. The molecule has 0 radical (unpaired) electrons. The largest absolute Gasteiger partial charge is 0.484 e. The van der Waals surface area contributed by atoms with Crippen LogP contribution < -0.4 is 15.4 Å². The number of fused-ring (bicyclic) bond motifs is 1. The summed E-state index contributed by atoms with van der Waals surface area (Å²) in [5, 5.41) is 12.8. The number of amides is 1. The number of rotatable bonds is 10. The molecule has 0 saturated heterocycles. The van der Waals surface area contributed by atoms with Crippen molar-refractivity contribution in [2.45, 2.75) is 25.5 Å². The van der Waals surface area contributed by atoms with E-state index in [0.717, 1.165) is 23.4 Å². The standard InChI is InChI=1S/C20H25ClN6O2S/c1-13(2)10-23-18-16-11-24-27(19(16)26-20(25-18)30-3)9-8-22-17(28)12-29-15-6-4-14(21)5-7-15/h4-7,11,13H,8-10,12H2,1-3H3,(H,22,28)(H,23,25,26). The summed E-state index contributed by atoms with van der Waals surface area (Å²) < 4.78 is 7.22. The van der Waals surface area contributed by atoms with Gasteiger partial charge in [-0.15, -0.1) is 0 Å². The van der Waals surface area contributed by atoms with Gasteiger partial charge >= 0.3 is 0 Å². The molecule has 2 aromatic heterocycles. The molecular formula is C20H25ClN6O2S. The molecule has 0 bridgehead atoms. The van der Waals surface area contributed by atoms with Crippen molar-refractivity contribution in [3.05, 3.63) is 35.5 Å². The molecule has 160 valence electrons.